The molecule has 1 saturated heterocycles. The fourth-order valence-electron chi connectivity index (χ4n) is 3.42. The third kappa shape index (κ3) is 3.69. The molecule has 138 valence electrons. The molecule has 1 amide bonds. The molecule has 27 heavy (non-hydrogen) atoms. The highest BCUT2D eigenvalue weighted by molar-refractivity contribution is 6.05. The summed E-state index contributed by atoms with van der Waals surface area (Å²) in [4.78, 5) is 23.7. The van der Waals surface area contributed by atoms with Gasteiger partial charge in [-0.15, -0.1) is 0 Å². The van der Waals surface area contributed by atoms with E-state index in [1.54, 1.807) is 37.7 Å². The van der Waals surface area contributed by atoms with Crippen LogP contribution in [0.5, 0.6) is 5.75 Å². The van der Waals surface area contributed by atoms with Gasteiger partial charge in [-0.05, 0) is 61.7 Å². The topological polar surface area (TPSA) is 67.3 Å². The van der Waals surface area contributed by atoms with Crippen molar-refractivity contribution in [1.82, 2.24) is 9.97 Å². The highest BCUT2D eigenvalue weighted by Gasteiger charge is 2.16. The number of rotatable bonds is 4. The lowest BCUT2D eigenvalue weighted by Gasteiger charge is -2.28. The third-order valence-corrected chi connectivity index (χ3v) is 4.88. The Bertz CT molecular complexity index is 950. The summed E-state index contributed by atoms with van der Waals surface area (Å²) in [5.41, 5.74) is 2.20. The van der Waals surface area contributed by atoms with Crippen molar-refractivity contribution in [2.75, 3.05) is 30.4 Å². The number of benzene rings is 2. The number of hydrogen-bond acceptors (Lipinski definition) is 5. The molecule has 0 aliphatic carbocycles. The van der Waals surface area contributed by atoms with Crippen LogP contribution in [0.2, 0.25) is 0 Å². The maximum Gasteiger partial charge on any atom is 0.255 e. The molecule has 1 fully saturated rings. The van der Waals surface area contributed by atoms with E-state index in [1.165, 1.54) is 19.3 Å². The summed E-state index contributed by atoms with van der Waals surface area (Å²) in [6.45, 7) is 2.02. The second-order valence-corrected chi connectivity index (χ2v) is 6.66. The standard InChI is InChI=1S/C21H22N4O2/c1-27-17-8-5-15(6-9-17)21(26)24-16-7-10-19-18(13-16)20(23-14-22-19)25-11-3-2-4-12-25/h5-10,13-14H,2-4,11-12H2,1H3,(H,24,26). The Morgan fingerprint density at radius 2 is 1.81 bits per heavy atom. The van der Waals surface area contributed by atoms with Gasteiger partial charge in [0.05, 0.1) is 12.6 Å². The van der Waals surface area contributed by atoms with E-state index in [4.69, 9.17) is 4.74 Å². The SMILES string of the molecule is COc1ccc(C(=O)Nc2ccc3ncnc(N4CCCCC4)c3c2)cc1. The van der Waals surface area contributed by atoms with Crippen molar-refractivity contribution >= 4 is 28.3 Å². The van der Waals surface area contributed by atoms with Crippen LogP contribution in [0.15, 0.2) is 48.8 Å². The van der Waals surface area contributed by atoms with Crippen molar-refractivity contribution in [2.45, 2.75) is 19.3 Å². The molecule has 0 saturated carbocycles. The summed E-state index contributed by atoms with van der Waals surface area (Å²) < 4.78 is 5.14. The van der Waals surface area contributed by atoms with E-state index in [0.717, 1.165) is 41.2 Å². The van der Waals surface area contributed by atoms with Crippen LogP contribution in [0.3, 0.4) is 0 Å². The molecule has 1 N–H and O–H groups in total. The molecule has 6 heteroatoms. The first-order valence-corrected chi connectivity index (χ1v) is 9.20. The van der Waals surface area contributed by atoms with Crippen molar-refractivity contribution in [3.05, 3.63) is 54.4 Å². The number of nitrogens with zero attached hydrogens (tertiary/aromatic N) is 3. The van der Waals surface area contributed by atoms with Crippen molar-refractivity contribution < 1.29 is 9.53 Å². The Kier molecular flexibility index (Phi) is 4.87. The van der Waals surface area contributed by atoms with E-state index >= 15 is 0 Å². The molecule has 0 radical (unpaired) electrons. The van der Waals surface area contributed by atoms with E-state index in [9.17, 15) is 4.79 Å². The smallest absolute Gasteiger partial charge is 0.255 e. The first-order chi connectivity index (χ1) is 13.2. The first-order valence-electron chi connectivity index (χ1n) is 9.20. The molecular weight excluding hydrogens is 340 g/mol. The van der Waals surface area contributed by atoms with Gasteiger partial charge in [0, 0.05) is 29.7 Å². The van der Waals surface area contributed by atoms with E-state index in [-0.39, 0.29) is 5.91 Å². The Hall–Kier alpha value is -3.15. The van der Waals surface area contributed by atoms with Crippen LogP contribution in [0.1, 0.15) is 29.6 Å². The van der Waals surface area contributed by atoms with Gasteiger partial charge in [0.2, 0.25) is 0 Å². The minimum atomic E-state index is -0.159. The molecule has 2 aromatic carbocycles. The summed E-state index contributed by atoms with van der Waals surface area (Å²) in [6, 6.07) is 12.8. The van der Waals surface area contributed by atoms with E-state index in [1.807, 2.05) is 18.2 Å². The normalized spacial score (nSPS) is 14.2. The molecule has 6 nitrogen and oxygen atoms in total. The lowest BCUT2D eigenvalue weighted by atomic mass is 10.1. The maximum absolute atomic E-state index is 12.5. The highest BCUT2D eigenvalue weighted by atomic mass is 16.5. The third-order valence-electron chi connectivity index (χ3n) is 4.88. The van der Waals surface area contributed by atoms with Gasteiger partial charge >= 0.3 is 0 Å². The zero-order valence-corrected chi connectivity index (χ0v) is 15.3. The number of fused-ring (bicyclic) bond motifs is 1. The quantitative estimate of drug-likeness (QED) is 0.763. The van der Waals surface area contributed by atoms with Gasteiger partial charge in [0.1, 0.15) is 17.9 Å². The van der Waals surface area contributed by atoms with Crippen LogP contribution in [0, 0.1) is 0 Å². The average Bonchev–Trinajstić information content (AvgIpc) is 2.74. The lowest BCUT2D eigenvalue weighted by molar-refractivity contribution is 0.102. The predicted octanol–water partition coefficient (Wildman–Crippen LogP) is 3.88. The van der Waals surface area contributed by atoms with Gasteiger partial charge in [0.25, 0.3) is 5.91 Å². The van der Waals surface area contributed by atoms with Crippen LogP contribution < -0.4 is 15.0 Å². The molecule has 3 aromatic rings. The molecule has 0 unspecified atom stereocenters. The van der Waals surface area contributed by atoms with Crippen LogP contribution in [-0.2, 0) is 0 Å². The Balaban J connectivity index is 1.61. The summed E-state index contributed by atoms with van der Waals surface area (Å²) in [6.07, 6.45) is 5.24. The van der Waals surface area contributed by atoms with Crippen molar-refractivity contribution in [3.63, 3.8) is 0 Å². The molecule has 0 atom stereocenters. The Labute approximate surface area is 158 Å². The monoisotopic (exact) mass is 362 g/mol. The summed E-state index contributed by atoms with van der Waals surface area (Å²) in [7, 11) is 1.60. The molecule has 0 spiro atoms. The van der Waals surface area contributed by atoms with E-state index in [0.29, 0.717) is 5.56 Å². The van der Waals surface area contributed by atoms with E-state index in [2.05, 4.69) is 20.2 Å². The number of hydrogen-bond donors (Lipinski definition) is 1. The first kappa shape index (κ1) is 17.3. The van der Waals surface area contributed by atoms with Gasteiger partial charge in [0.15, 0.2) is 0 Å². The minimum Gasteiger partial charge on any atom is -0.497 e. The van der Waals surface area contributed by atoms with Gasteiger partial charge in [-0.3, -0.25) is 4.79 Å². The average molecular weight is 362 g/mol. The van der Waals surface area contributed by atoms with Gasteiger partial charge in [-0.2, -0.15) is 0 Å². The second-order valence-electron chi connectivity index (χ2n) is 6.66. The molecular formula is C21H22N4O2. The van der Waals surface area contributed by atoms with Crippen LogP contribution >= 0.6 is 0 Å². The van der Waals surface area contributed by atoms with E-state index < -0.39 is 0 Å². The number of piperidine rings is 1. The molecule has 2 heterocycles. The molecule has 1 aromatic heterocycles. The lowest BCUT2D eigenvalue weighted by Crippen LogP contribution is -2.30. The van der Waals surface area contributed by atoms with Crippen molar-refractivity contribution in [3.8, 4) is 5.75 Å². The number of anilines is 2. The zero-order chi connectivity index (χ0) is 18.6. The fraction of sp³-hybridized carbons (Fsp3) is 0.286. The van der Waals surface area contributed by atoms with Crippen LogP contribution in [-0.4, -0.2) is 36.1 Å². The van der Waals surface area contributed by atoms with Gasteiger partial charge < -0.3 is 15.0 Å². The van der Waals surface area contributed by atoms with Gasteiger partial charge in [-0.1, -0.05) is 0 Å². The van der Waals surface area contributed by atoms with Crippen LogP contribution in [0.25, 0.3) is 10.9 Å². The molecule has 0 bridgehead atoms. The fourth-order valence-corrected chi connectivity index (χ4v) is 3.42. The van der Waals surface area contributed by atoms with Crippen molar-refractivity contribution in [2.24, 2.45) is 0 Å². The number of amides is 1. The Morgan fingerprint density at radius 1 is 1.04 bits per heavy atom. The minimum absolute atomic E-state index is 0.159. The number of nitrogens with one attached hydrogen (secondary N) is 1. The molecule has 4 rings (SSSR count). The number of carbonyl (C=O) groups is 1. The number of ether oxygens (including phenoxy) is 1. The number of carbonyl (C=O) groups excluding carboxylic acids is 1. The number of methoxy groups -OCH3 is 1. The largest absolute Gasteiger partial charge is 0.497 e. The summed E-state index contributed by atoms with van der Waals surface area (Å²) >= 11 is 0. The zero-order valence-electron chi connectivity index (χ0n) is 15.3. The Morgan fingerprint density at radius 3 is 2.56 bits per heavy atom. The maximum atomic E-state index is 12.5. The summed E-state index contributed by atoms with van der Waals surface area (Å²) in [5, 5.41) is 3.93. The van der Waals surface area contributed by atoms with Crippen LogP contribution in [0.4, 0.5) is 11.5 Å². The van der Waals surface area contributed by atoms with Crippen molar-refractivity contribution in [1.29, 1.82) is 0 Å². The van der Waals surface area contributed by atoms with Gasteiger partial charge in [-0.25, -0.2) is 9.97 Å². The molecule has 1 aliphatic heterocycles. The predicted molar refractivity (Wildman–Crippen MR) is 107 cm³/mol. The molecule has 1 aliphatic rings. The summed E-state index contributed by atoms with van der Waals surface area (Å²) in [5.74, 6) is 1.51. The highest BCUT2D eigenvalue weighted by Crippen LogP contribution is 2.28. The second kappa shape index (κ2) is 7.61. The number of aromatic nitrogens is 2.